The number of quaternary nitrogens is 1. The lowest BCUT2D eigenvalue weighted by Crippen LogP contribution is -2.51. The quantitative estimate of drug-likeness (QED) is 0.779. The molecule has 0 saturated carbocycles. The molecule has 0 bridgehead atoms. The third-order valence-corrected chi connectivity index (χ3v) is 3.13. The smallest absolute Gasteiger partial charge is 0.340 e. The number of carbonyl (C=O) groups is 1. The van der Waals surface area contributed by atoms with Crippen LogP contribution in [0.2, 0.25) is 5.02 Å². The number of benzene rings is 1. The van der Waals surface area contributed by atoms with Crippen molar-refractivity contribution in [2.45, 2.75) is 0 Å². The van der Waals surface area contributed by atoms with Crippen molar-refractivity contribution in [2.75, 3.05) is 25.7 Å². The summed E-state index contributed by atoms with van der Waals surface area (Å²) in [4.78, 5) is 14.0. The van der Waals surface area contributed by atoms with Gasteiger partial charge in [-0.2, -0.15) is 4.48 Å². The summed E-state index contributed by atoms with van der Waals surface area (Å²) in [5.41, 5.74) is 0.832. The van der Waals surface area contributed by atoms with Crippen LogP contribution in [-0.2, 0) is 0 Å². The van der Waals surface area contributed by atoms with Gasteiger partial charge in [-0.15, -0.1) is 0 Å². The number of nitrogens with one attached hydrogen (secondary N) is 1. The minimum Gasteiger partial charge on any atom is -0.340 e. The average molecular weight is 253 g/mol. The van der Waals surface area contributed by atoms with Gasteiger partial charge in [0, 0.05) is 17.8 Å². The molecule has 1 unspecified atom stereocenters. The molecule has 0 saturated heterocycles. The zero-order chi connectivity index (χ0) is 12.5. The molecule has 1 aliphatic heterocycles. The number of anilines is 1. The van der Waals surface area contributed by atoms with Crippen molar-refractivity contribution in [3.05, 3.63) is 41.7 Å². The molecule has 1 atom stereocenters. The van der Waals surface area contributed by atoms with Crippen molar-refractivity contribution in [1.82, 2.24) is 5.32 Å². The highest BCUT2D eigenvalue weighted by Gasteiger charge is 2.35. The van der Waals surface area contributed by atoms with Crippen LogP contribution in [0.1, 0.15) is 0 Å². The maximum atomic E-state index is 12.3. The molecular formula is C12H15ClN3O+. The summed E-state index contributed by atoms with van der Waals surface area (Å²) in [6.07, 6.45) is 3.64. The fourth-order valence-corrected chi connectivity index (χ4v) is 1.89. The standard InChI is InChI=1S/C12H15ClN3O/c1-15(11-5-3-10(13)4-6-11)12(17)16(2)8-7-14-9-16/h3-8,14H,9H2,1-2H3/q+1. The SMILES string of the molecule is CN(C(=O)[N+]1(C)C=CNC1)c1ccc(Cl)cc1. The van der Waals surface area contributed by atoms with Crippen LogP contribution in [0.25, 0.3) is 0 Å². The Bertz CT molecular complexity index is 457. The first kappa shape index (κ1) is 12.0. The van der Waals surface area contributed by atoms with Gasteiger partial charge in [-0.25, -0.2) is 4.79 Å². The van der Waals surface area contributed by atoms with Crippen molar-refractivity contribution in [3.8, 4) is 0 Å². The van der Waals surface area contributed by atoms with E-state index < -0.39 is 0 Å². The number of urea groups is 1. The van der Waals surface area contributed by atoms with Gasteiger partial charge in [-0.1, -0.05) is 11.6 Å². The van der Waals surface area contributed by atoms with Crippen LogP contribution in [0, 0.1) is 0 Å². The molecule has 0 radical (unpaired) electrons. The molecule has 4 nitrogen and oxygen atoms in total. The number of nitrogens with zero attached hydrogens (tertiary/aromatic N) is 2. The molecule has 90 valence electrons. The van der Waals surface area contributed by atoms with Crippen molar-refractivity contribution in [1.29, 1.82) is 0 Å². The lowest BCUT2D eigenvalue weighted by atomic mass is 10.3. The van der Waals surface area contributed by atoms with E-state index >= 15 is 0 Å². The van der Waals surface area contributed by atoms with Gasteiger partial charge in [0.2, 0.25) is 0 Å². The predicted octanol–water partition coefficient (Wildman–Crippen LogP) is 2.37. The summed E-state index contributed by atoms with van der Waals surface area (Å²) >= 11 is 5.82. The molecule has 0 spiro atoms. The van der Waals surface area contributed by atoms with Gasteiger partial charge in [0.25, 0.3) is 0 Å². The van der Waals surface area contributed by atoms with Gasteiger partial charge in [0.1, 0.15) is 6.20 Å². The Hall–Kier alpha value is -1.52. The third-order valence-electron chi connectivity index (χ3n) is 2.88. The lowest BCUT2D eigenvalue weighted by Gasteiger charge is -2.27. The number of rotatable bonds is 1. The van der Waals surface area contributed by atoms with Crippen molar-refractivity contribution in [2.24, 2.45) is 0 Å². The topological polar surface area (TPSA) is 32.3 Å². The Balaban J connectivity index is 2.20. The summed E-state index contributed by atoms with van der Waals surface area (Å²) < 4.78 is 0.221. The van der Waals surface area contributed by atoms with Crippen LogP contribution < -0.4 is 10.2 Å². The van der Waals surface area contributed by atoms with Crippen molar-refractivity contribution >= 4 is 23.3 Å². The molecule has 1 aliphatic rings. The van der Waals surface area contributed by atoms with Crippen molar-refractivity contribution < 1.29 is 9.28 Å². The van der Waals surface area contributed by atoms with E-state index in [9.17, 15) is 4.79 Å². The highest BCUT2D eigenvalue weighted by molar-refractivity contribution is 6.30. The molecule has 1 aromatic carbocycles. The molecule has 2 amide bonds. The highest BCUT2D eigenvalue weighted by atomic mass is 35.5. The lowest BCUT2D eigenvalue weighted by molar-refractivity contribution is -0.770. The van der Waals surface area contributed by atoms with E-state index in [-0.39, 0.29) is 10.5 Å². The Morgan fingerprint density at radius 2 is 2.06 bits per heavy atom. The maximum absolute atomic E-state index is 12.3. The second kappa shape index (κ2) is 4.39. The van der Waals surface area contributed by atoms with Gasteiger partial charge in [0.15, 0.2) is 6.67 Å². The second-order valence-electron chi connectivity index (χ2n) is 4.26. The summed E-state index contributed by atoms with van der Waals surface area (Å²) in [5, 5.41) is 3.70. The Morgan fingerprint density at radius 3 is 2.59 bits per heavy atom. The van der Waals surface area contributed by atoms with E-state index in [2.05, 4.69) is 5.32 Å². The van der Waals surface area contributed by atoms with Crippen LogP contribution in [0.5, 0.6) is 0 Å². The zero-order valence-corrected chi connectivity index (χ0v) is 10.6. The van der Waals surface area contributed by atoms with Gasteiger partial charge < -0.3 is 5.32 Å². The molecule has 0 aromatic heterocycles. The predicted molar refractivity (Wildman–Crippen MR) is 68.6 cm³/mol. The van der Waals surface area contributed by atoms with E-state index in [0.717, 1.165) is 5.69 Å². The summed E-state index contributed by atoms with van der Waals surface area (Å²) in [5.74, 6) is 0. The number of amides is 2. The van der Waals surface area contributed by atoms with Crippen LogP contribution >= 0.6 is 11.6 Å². The van der Waals surface area contributed by atoms with Gasteiger partial charge in [-0.05, 0) is 24.3 Å². The molecule has 1 aromatic rings. The van der Waals surface area contributed by atoms with Gasteiger partial charge >= 0.3 is 6.03 Å². The second-order valence-corrected chi connectivity index (χ2v) is 4.70. The van der Waals surface area contributed by atoms with Gasteiger partial charge in [0.05, 0.1) is 13.2 Å². The summed E-state index contributed by atoms with van der Waals surface area (Å²) in [7, 11) is 3.63. The molecular weight excluding hydrogens is 238 g/mol. The molecule has 5 heteroatoms. The number of hydrogen-bond donors (Lipinski definition) is 1. The van der Waals surface area contributed by atoms with E-state index in [0.29, 0.717) is 11.7 Å². The monoisotopic (exact) mass is 252 g/mol. The molecule has 0 aliphatic carbocycles. The fraction of sp³-hybridized carbons (Fsp3) is 0.250. The first-order valence-electron chi connectivity index (χ1n) is 5.33. The largest absolute Gasteiger partial charge is 0.429 e. The fourth-order valence-electron chi connectivity index (χ4n) is 1.76. The minimum absolute atomic E-state index is 0.00794. The normalized spacial score (nSPS) is 22.3. The first-order chi connectivity index (χ1) is 8.03. The van der Waals surface area contributed by atoms with E-state index in [1.807, 2.05) is 25.4 Å². The highest BCUT2D eigenvalue weighted by Crippen LogP contribution is 2.20. The van der Waals surface area contributed by atoms with Crippen LogP contribution in [0.15, 0.2) is 36.7 Å². The summed E-state index contributed by atoms with van der Waals surface area (Å²) in [6, 6.07) is 7.23. The van der Waals surface area contributed by atoms with Gasteiger partial charge in [-0.3, -0.25) is 4.90 Å². The average Bonchev–Trinajstić information content (AvgIpc) is 2.76. The van der Waals surface area contributed by atoms with E-state index in [1.165, 1.54) is 0 Å². The van der Waals surface area contributed by atoms with Crippen molar-refractivity contribution in [3.63, 3.8) is 0 Å². The Labute approximate surface area is 106 Å². The molecule has 0 fully saturated rings. The van der Waals surface area contributed by atoms with Crippen LogP contribution in [0.4, 0.5) is 10.5 Å². The molecule has 1 heterocycles. The molecule has 2 rings (SSSR count). The number of halogens is 1. The third kappa shape index (κ3) is 2.28. The Morgan fingerprint density at radius 1 is 1.41 bits per heavy atom. The maximum Gasteiger partial charge on any atom is 0.429 e. The van der Waals surface area contributed by atoms with E-state index in [4.69, 9.17) is 11.6 Å². The summed E-state index contributed by atoms with van der Waals surface area (Å²) in [6.45, 7) is 0.580. The van der Waals surface area contributed by atoms with E-state index in [1.54, 1.807) is 30.3 Å². The Kier molecular flexibility index (Phi) is 3.09. The zero-order valence-electron chi connectivity index (χ0n) is 9.85. The minimum atomic E-state index is 0.00794. The molecule has 17 heavy (non-hydrogen) atoms. The first-order valence-corrected chi connectivity index (χ1v) is 5.71. The molecule has 1 N–H and O–H groups in total. The van der Waals surface area contributed by atoms with Crippen LogP contribution in [0.3, 0.4) is 0 Å². The number of hydrogen-bond acceptors (Lipinski definition) is 2. The number of carbonyl (C=O) groups excluding carboxylic acids is 1. The van der Waals surface area contributed by atoms with Crippen LogP contribution in [-0.4, -0.2) is 31.3 Å².